The summed E-state index contributed by atoms with van der Waals surface area (Å²) in [6.45, 7) is 6.54. The van der Waals surface area contributed by atoms with Gasteiger partial charge in [0.2, 0.25) is 0 Å². The molecule has 2 unspecified atom stereocenters. The molecule has 0 aliphatic heterocycles. The first-order valence-electron chi connectivity index (χ1n) is 5.57. The predicted molar refractivity (Wildman–Crippen MR) is 64.6 cm³/mol. The van der Waals surface area contributed by atoms with Gasteiger partial charge in [-0.15, -0.1) is 0 Å². The Morgan fingerprint density at radius 3 is 2.33 bits per heavy atom. The molecule has 2 N–H and O–H groups in total. The Hall–Kier alpha value is -0.440. The highest BCUT2D eigenvalue weighted by atomic mass is 32.1. The number of hydrogen-bond acceptors (Lipinski definition) is 2. The van der Waals surface area contributed by atoms with Crippen molar-refractivity contribution in [3.8, 4) is 0 Å². The molecule has 2 fully saturated rings. The minimum atomic E-state index is -0.141. The van der Waals surface area contributed by atoms with Gasteiger partial charge in [0.25, 0.3) is 0 Å². The molecule has 0 heterocycles. The molecule has 15 heavy (non-hydrogen) atoms. The van der Waals surface area contributed by atoms with Crippen molar-refractivity contribution in [3.05, 3.63) is 0 Å². The molecule has 0 spiro atoms. The second-order valence-corrected chi connectivity index (χ2v) is 6.50. The van der Waals surface area contributed by atoms with Gasteiger partial charge in [0, 0.05) is 18.3 Å². The van der Waals surface area contributed by atoms with Crippen molar-refractivity contribution >= 4 is 23.0 Å². The molecule has 2 aliphatic rings. The summed E-state index contributed by atoms with van der Waals surface area (Å²) >= 11 is 5.03. The fourth-order valence-electron chi connectivity index (χ4n) is 3.70. The Labute approximate surface area is 96.6 Å². The van der Waals surface area contributed by atoms with Crippen LogP contribution in [-0.2, 0) is 4.79 Å². The van der Waals surface area contributed by atoms with E-state index in [1.54, 1.807) is 0 Å². The van der Waals surface area contributed by atoms with Crippen LogP contribution < -0.4 is 5.73 Å². The number of carbonyl (C=O) groups excluding carboxylic acids is 1. The summed E-state index contributed by atoms with van der Waals surface area (Å²) in [6.07, 6.45) is 3.51. The van der Waals surface area contributed by atoms with E-state index in [1.165, 1.54) is 0 Å². The Balaban J connectivity index is 2.44. The molecule has 0 radical (unpaired) electrons. The molecule has 2 rings (SSSR count). The molecule has 0 aromatic rings. The number of carbonyl (C=O) groups is 1. The Morgan fingerprint density at radius 2 is 2.00 bits per heavy atom. The molecule has 0 aromatic heterocycles. The van der Waals surface area contributed by atoms with Crippen molar-refractivity contribution in [2.45, 2.75) is 46.5 Å². The SMILES string of the molecule is CC12CCC(CC(N)=S)(CC1=O)C2(C)C. The van der Waals surface area contributed by atoms with E-state index in [2.05, 4.69) is 20.8 Å². The molecule has 3 heteroatoms. The van der Waals surface area contributed by atoms with Crippen molar-refractivity contribution in [1.29, 1.82) is 0 Å². The molecule has 2 saturated carbocycles. The number of ketones is 1. The summed E-state index contributed by atoms with van der Waals surface area (Å²) < 4.78 is 0. The average Bonchev–Trinajstić information content (AvgIpc) is 2.33. The highest BCUT2D eigenvalue weighted by molar-refractivity contribution is 7.80. The lowest BCUT2D eigenvalue weighted by molar-refractivity contribution is -0.128. The fraction of sp³-hybridized carbons (Fsp3) is 0.833. The minimum Gasteiger partial charge on any atom is -0.393 e. The molecular formula is C12H19NOS. The van der Waals surface area contributed by atoms with Crippen LogP contribution in [0.25, 0.3) is 0 Å². The van der Waals surface area contributed by atoms with Crippen molar-refractivity contribution in [2.75, 3.05) is 0 Å². The van der Waals surface area contributed by atoms with Gasteiger partial charge in [-0.05, 0) is 23.7 Å². The van der Waals surface area contributed by atoms with Gasteiger partial charge in [-0.3, -0.25) is 4.79 Å². The number of hydrogen-bond donors (Lipinski definition) is 1. The van der Waals surface area contributed by atoms with Crippen LogP contribution in [0.5, 0.6) is 0 Å². The summed E-state index contributed by atoms with van der Waals surface area (Å²) in [6, 6.07) is 0. The zero-order valence-electron chi connectivity index (χ0n) is 9.72. The fourth-order valence-corrected chi connectivity index (χ4v) is 3.98. The lowest BCUT2D eigenvalue weighted by Crippen LogP contribution is -2.37. The molecule has 0 amide bonds. The molecule has 2 atom stereocenters. The monoisotopic (exact) mass is 225 g/mol. The van der Waals surface area contributed by atoms with Gasteiger partial charge >= 0.3 is 0 Å². The molecule has 2 bridgehead atoms. The largest absolute Gasteiger partial charge is 0.393 e. The smallest absolute Gasteiger partial charge is 0.139 e. The van der Waals surface area contributed by atoms with Gasteiger partial charge in [0.05, 0.1) is 4.99 Å². The Morgan fingerprint density at radius 1 is 1.40 bits per heavy atom. The van der Waals surface area contributed by atoms with Crippen molar-refractivity contribution < 1.29 is 4.79 Å². The van der Waals surface area contributed by atoms with Crippen LogP contribution in [0.2, 0.25) is 0 Å². The van der Waals surface area contributed by atoms with Crippen LogP contribution in [0.1, 0.15) is 46.5 Å². The van der Waals surface area contributed by atoms with E-state index >= 15 is 0 Å². The first-order valence-corrected chi connectivity index (χ1v) is 5.98. The van der Waals surface area contributed by atoms with Crippen molar-refractivity contribution in [3.63, 3.8) is 0 Å². The molecule has 0 saturated heterocycles. The first kappa shape index (κ1) is 11.1. The lowest BCUT2D eigenvalue weighted by atomic mass is 9.64. The van der Waals surface area contributed by atoms with E-state index < -0.39 is 0 Å². The van der Waals surface area contributed by atoms with E-state index in [0.717, 1.165) is 19.3 Å². The van der Waals surface area contributed by atoms with Crippen molar-refractivity contribution in [2.24, 2.45) is 22.0 Å². The normalized spacial score (nSPS) is 42.2. The van der Waals surface area contributed by atoms with E-state index in [4.69, 9.17) is 18.0 Å². The molecular weight excluding hydrogens is 206 g/mol. The van der Waals surface area contributed by atoms with Crippen LogP contribution in [0.4, 0.5) is 0 Å². The van der Waals surface area contributed by atoms with Gasteiger partial charge in [0.1, 0.15) is 5.78 Å². The number of thiocarbonyl (C=S) groups is 1. The highest BCUT2D eigenvalue weighted by Crippen LogP contribution is 2.71. The van der Waals surface area contributed by atoms with Crippen LogP contribution in [0.15, 0.2) is 0 Å². The van der Waals surface area contributed by atoms with Gasteiger partial charge in [0.15, 0.2) is 0 Å². The number of fused-ring (bicyclic) bond motifs is 2. The summed E-state index contributed by atoms with van der Waals surface area (Å²) in [5.74, 6) is 0.412. The predicted octanol–water partition coefficient (Wildman–Crippen LogP) is 2.45. The van der Waals surface area contributed by atoms with Crippen LogP contribution >= 0.6 is 12.2 Å². The van der Waals surface area contributed by atoms with E-state index in [1.807, 2.05) is 0 Å². The van der Waals surface area contributed by atoms with Gasteiger partial charge in [-0.1, -0.05) is 33.0 Å². The maximum absolute atomic E-state index is 12.1. The standard InChI is InChI=1S/C12H19NOS/c1-10(2)11(3)4-5-12(10,6-8(11)14)7-9(13)15/h4-7H2,1-3H3,(H2,13,15). The zero-order chi connectivity index (χ0) is 11.5. The quantitative estimate of drug-likeness (QED) is 0.734. The van der Waals surface area contributed by atoms with Gasteiger partial charge in [-0.25, -0.2) is 0 Å². The van der Waals surface area contributed by atoms with E-state index in [-0.39, 0.29) is 16.2 Å². The number of rotatable bonds is 2. The van der Waals surface area contributed by atoms with Crippen LogP contribution in [-0.4, -0.2) is 10.8 Å². The van der Waals surface area contributed by atoms with E-state index in [9.17, 15) is 4.79 Å². The second-order valence-electron chi connectivity index (χ2n) is 5.98. The molecule has 84 valence electrons. The first-order chi connectivity index (χ1) is 6.75. The third-order valence-electron chi connectivity index (χ3n) is 5.44. The van der Waals surface area contributed by atoms with Crippen LogP contribution in [0, 0.1) is 16.2 Å². The Bertz CT molecular complexity index is 346. The van der Waals surface area contributed by atoms with Crippen molar-refractivity contribution in [1.82, 2.24) is 0 Å². The maximum atomic E-state index is 12.1. The summed E-state index contributed by atoms with van der Waals surface area (Å²) in [7, 11) is 0. The maximum Gasteiger partial charge on any atom is 0.139 e. The van der Waals surface area contributed by atoms with Gasteiger partial charge < -0.3 is 5.73 Å². The highest BCUT2D eigenvalue weighted by Gasteiger charge is 2.69. The third kappa shape index (κ3) is 1.10. The average molecular weight is 225 g/mol. The van der Waals surface area contributed by atoms with E-state index in [0.29, 0.717) is 17.2 Å². The summed E-state index contributed by atoms with van der Waals surface area (Å²) in [4.78, 5) is 12.6. The molecule has 2 nitrogen and oxygen atoms in total. The number of Topliss-reactive ketones (excluding diaryl/α,β-unsaturated/α-hetero) is 1. The minimum absolute atomic E-state index is 0.0422. The molecule has 2 aliphatic carbocycles. The zero-order valence-corrected chi connectivity index (χ0v) is 10.5. The summed E-state index contributed by atoms with van der Waals surface area (Å²) in [5, 5.41) is 0. The van der Waals surface area contributed by atoms with Gasteiger partial charge in [-0.2, -0.15) is 0 Å². The summed E-state index contributed by atoms with van der Waals surface area (Å²) in [5.41, 5.74) is 5.63. The lowest BCUT2D eigenvalue weighted by Gasteiger charge is -2.39. The second kappa shape index (κ2) is 2.82. The third-order valence-corrected chi connectivity index (χ3v) is 5.58. The Kier molecular flexibility index (Phi) is 2.08. The van der Waals surface area contributed by atoms with Crippen LogP contribution in [0.3, 0.4) is 0 Å². The molecule has 0 aromatic carbocycles. The topological polar surface area (TPSA) is 43.1 Å². The number of nitrogens with two attached hydrogens (primary N) is 1.